The molecule has 0 spiro atoms. The largest absolute Gasteiger partial charge is 0.329 e. The van der Waals surface area contributed by atoms with Gasteiger partial charge < -0.3 is 5.32 Å². The summed E-state index contributed by atoms with van der Waals surface area (Å²) in [6, 6.07) is 8.49. The summed E-state index contributed by atoms with van der Waals surface area (Å²) in [5.74, 6) is -0.290. The molecule has 0 aliphatic heterocycles. The minimum Gasteiger partial charge on any atom is -0.329 e. The van der Waals surface area contributed by atoms with Crippen LogP contribution in [0.3, 0.4) is 0 Å². The number of benzene rings is 1. The van der Waals surface area contributed by atoms with Crippen molar-refractivity contribution < 1.29 is 4.39 Å². The van der Waals surface area contributed by atoms with Gasteiger partial charge in [-0.3, -0.25) is 4.98 Å². The molecule has 0 aliphatic rings. The van der Waals surface area contributed by atoms with E-state index in [1.165, 1.54) is 17.4 Å². The van der Waals surface area contributed by atoms with Gasteiger partial charge in [-0.05, 0) is 30.7 Å². The normalized spacial score (nSPS) is 10.5. The van der Waals surface area contributed by atoms with Crippen molar-refractivity contribution in [2.75, 3.05) is 5.32 Å². The van der Waals surface area contributed by atoms with Crippen molar-refractivity contribution in [3.8, 4) is 11.3 Å². The molecule has 0 amide bonds. The maximum Gasteiger partial charge on any atom is 0.187 e. The Morgan fingerprint density at radius 1 is 1.20 bits per heavy atom. The lowest BCUT2D eigenvalue weighted by Crippen LogP contribution is -1.93. The number of hydrogen-bond donors (Lipinski definition) is 1. The van der Waals surface area contributed by atoms with E-state index in [2.05, 4.69) is 15.3 Å². The molecule has 1 aromatic carbocycles. The fraction of sp³-hybridized carbons (Fsp3) is 0.0667. The first-order valence-corrected chi connectivity index (χ1v) is 7.00. The van der Waals surface area contributed by atoms with Gasteiger partial charge in [0.1, 0.15) is 5.82 Å². The Morgan fingerprint density at radius 2 is 2.05 bits per heavy atom. The van der Waals surface area contributed by atoms with E-state index < -0.39 is 0 Å². The predicted octanol–water partition coefficient (Wildman–Crippen LogP) is 4.40. The molecule has 2 aromatic heterocycles. The Balaban J connectivity index is 1.88. The SMILES string of the molecule is Cc1ccncc1-c1csc(Nc2ccccc2F)n1. The average molecular weight is 285 g/mol. The third kappa shape index (κ3) is 2.53. The fourth-order valence-electron chi connectivity index (χ4n) is 1.86. The third-order valence-electron chi connectivity index (χ3n) is 2.93. The van der Waals surface area contributed by atoms with Crippen molar-refractivity contribution in [2.24, 2.45) is 0 Å². The molecule has 0 fully saturated rings. The summed E-state index contributed by atoms with van der Waals surface area (Å²) in [7, 11) is 0. The topological polar surface area (TPSA) is 37.8 Å². The number of aryl methyl sites for hydroxylation is 1. The van der Waals surface area contributed by atoms with Crippen LogP contribution in [0.15, 0.2) is 48.1 Å². The molecule has 3 aromatic rings. The van der Waals surface area contributed by atoms with Gasteiger partial charge in [0.05, 0.1) is 11.4 Å². The lowest BCUT2D eigenvalue weighted by molar-refractivity contribution is 0.632. The molecule has 3 rings (SSSR count). The predicted molar refractivity (Wildman–Crippen MR) is 79.8 cm³/mol. The van der Waals surface area contributed by atoms with Crippen LogP contribution in [0.4, 0.5) is 15.2 Å². The number of aromatic nitrogens is 2. The summed E-state index contributed by atoms with van der Waals surface area (Å²) in [5, 5.41) is 5.59. The van der Waals surface area contributed by atoms with E-state index in [-0.39, 0.29) is 5.82 Å². The second-order valence-electron chi connectivity index (χ2n) is 4.33. The number of nitrogens with one attached hydrogen (secondary N) is 1. The molecule has 2 heterocycles. The summed E-state index contributed by atoms with van der Waals surface area (Å²) in [4.78, 5) is 8.59. The van der Waals surface area contributed by atoms with Crippen LogP contribution in [-0.4, -0.2) is 9.97 Å². The maximum atomic E-state index is 13.6. The van der Waals surface area contributed by atoms with Gasteiger partial charge in [-0.2, -0.15) is 0 Å². The van der Waals surface area contributed by atoms with Crippen LogP contribution in [0.5, 0.6) is 0 Å². The molecular weight excluding hydrogens is 273 g/mol. The zero-order valence-corrected chi connectivity index (χ0v) is 11.6. The Bertz CT molecular complexity index is 739. The van der Waals surface area contributed by atoms with Crippen LogP contribution in [0, 0.1) is 12.7 Å². The molecular formula is C15H12FN3S. The van der Waals surface area contributed by atoms with Crippen LogP contribution in [-0.2, 0) is 0 Å². The van der Waals surface area contributed by atoms with E-state index in [4.69, 9.17) is 0 Å². The van der Waals surface area contributed by atoms with Crippen LogP contribution < -0.4 is 5.32 Å². The van der Waals surface area contributed by atoms with Crippen molar-refractivity contribution >= 4 is 22.2 Å². The second-order valence-corrected chi connectivity index (χ2v) is 5.19. The van der Waals surface area contributed by atoms with Gasteiger partial charge in [-0.1, -0.05) is 12.1 Å². The number of halogens is 1. The van der Waals surface area contributed by atoms with Gasteiger partial charge in [0.2, 0.25) is 0 Å². The number of para-hydroxylation sites is 1. The first kappa shape index (κ1) is 12.7. The number of thiazole rings is 1. The first-order valence-electron chi connectivity index (χ1n) is 6.12. The quantitative estimate of drug-likeness (QED) is 0.775. The molecule has 3 nitrogen and oxygen atoms in total. The van der Waals surface area contributed by atoms with Crippen LogP contribution in [0.2, 0.25) is 0 Å². The van der Waals surface area contributed by atoms with Crippen LogP contribution >= 0.6 is 11.3 Å². The lowest BCUT2D eigenvalue weighted by Gasteiger charge is -2.03. The standard InChI is InChI=1S/C15H12FN3S/c1-10-6-7-17-8-11(10)14-9-20-15(19-14)18-13-5-3-2-4-12(13)16/h2-9H,1H3,(H,18,19). The van der Waals surface area contributed by atoms with Gasteiger partial charge in [-0.15, -0.1) is 11.3 Å². The molecule has 0 aliphatic carbocycles. The van der Waals surface area contributed by atoms with Crippen molar-refractivity contribution in [2.45, 2.75) is 6.92 Å². The van der Waals surface area contributed by atoms with Gasteiger partial charge >= 0.3 is 0 Å². The number of pyridine rings is 1. The minimum absolute atomic E-state index is 0.290. The summed E-state index contributed by atoms with van der Waals surface area (Å²) in [5.41, 5.74) is 3.38. The first-order chi connectivity index (χ1) is 9.74. The molecule has 0 saturated heterocycles. The number of anilines is 2. The molecule has 0 atom stereocenters. The molecule has 5 heteroatoms. The number of nitrogens with zero attached hydrogens (tertiary/aromatic N) is 2. The molecule has 0 saturated carbocycles. The molecule has 0 radical (unpaired) electrons. The Morgan fingerprint density at radius 3 is 2.85 bits per heavy atom. The minimum atomic E-state index is -0.290. The Hall–Kier alpha value is -2.27. The fourth-order valence-corrected chi connectivity index (χ4v) is 2.59. The Labute approximate surface area is 120 Å². The highest BCUT2D eigenvalue weighted by Gasteiger charge is 2.08. The van der Waals surface area contributed by atoms with Gasteiger partial charge in [0, 0.05) is 23.3 Å². The maximum absolute atomic E-state index is 13.6. The van der Waals surface area contributed by atoms with E-state index in [1.807, 2.05) is 18.4 Å². The number of hydrogen-bond acceptors (Lipinski definition) is 4. The van der Waals surface area contributed by atoms with E-state index in [1.54, 1.807) is 30.6 Å². The zero-order valence-electron chi connectivity index (χ0n) is 10.8. The molecule has 0 bridgehead atoms. The van der Waals surface area contributed by atoms with Crippen LogP contribution in [0.1, 0.15) is 5.56 Å². The summed E-state index contributed by atoms with van der Waals surface area (Å²) in [6.45, 7) is 2.01. The average Bonchev–Trinajstić information content (AvgIpc) is 2.90. The highest BCUT2D eigenvalue weighted by molar-refractivity contribution is 7.14. The van der Waals surface area contributed by atoms with Gasteiger partial charge in [0.15, 0.2) is 5.13 Å². The van der Waals surface area contributed by atoms with E-state index in [9.17, 15) is 4.39 Å². The lowest BCUT2D eigenvalue weighted by atomic mass is 10.1. The monoisotopic (exact) mass is 285 g/mol. The van der Waals surface area contributed by atoms with Crippen LogP contribution in [0.25, 0.3) is 11.3 Å². The molecule has 1 N–H and O–H groups in total. The third-order valence-corrected chi connectivity index (χ3v) is 3.69. The molecule has 20 heavy (non-hydrogen) atoms. The highest BCUT2D eigenvalue weighted by atomic mass is 32.1. The summed E-state index contributed by atoms with van der Waals surface area (Å²) < 4.78 is 13.6. The van der Waals surface area contributed by atoms with Crippen molar-refractivity contribution in [3.05, 3.63) is 59.5 Å². The smallest absolute Gasteiger partial charge is 0.187 e. The zero-order chi connectivity index (χ0) is 13.9. The van der Waals surface area contributed by atoms with Crippen molar-refractivity contribution in [1.82, 2.24) is 9.97 Å². The second kappa shape index (κ2) is 5.38. The van der Waals surface area contributed by atoms with Crippen molar-refractivity contribution in [1.29, 1.82) is 0 Å². The van der Waals surface area contributed by atoms with Gasteiger partial charge in [0.25, 0.3) is 0 Å². The highest BCUT2D eigenvalue weighted by Crippen LogP contribution is 2.29. The summed E-state index contributed by atoms with van der Waals surface area (Å²) in [6.07, 6.45) is 3.54. The van der Waals surface area contributed by atoms with E-state index in [0.29, 0.717) is 10.8 Å². The van der Waals surface area contributed by atoms with E-state index in [0.717, 1.165) is 16.8 Å². The molecule has 100 valence electrons. The number of rotatable bonds is 3. The summed E-state index contributed by atoms with van der Waals surface area (Å²) >= 11 is 1.44. The van der Waals surface area contributed by atoms with Gasteiger partial charge in [-0.25, -0.2) is 9.37 Å². The molecule has 0 unspecified atom stereocenters. The Kier molecular flexibility index (Phi) is 3.43. The van der Waals surface area contributed by atoms with E-state index >= 15 is 0 Å². The van der Waals surface area contributed by atoms with Crippen molar-refractivity contribution in [3.63, 3.8) is 0 Å².